The number of ether oxygens (including phenoxy) is 5. The minimum absolute atomic E-state index is 0.0416. The number of allylic oxidation sites excluding steroid dienone is 1. The average molecular weight is 507 g/mol. The summed E-state index contributed by atoms with van der Waals surface area (Å²) in [6.07, 6.45) is 13.7. The molecule has 0 heterocycles. The monoisotopic (exact) mass is 506 g/mol. The van der Waals surface area contributed by atoms with Crippen molar-refractivity contribution >= 4 is 5.97 Å². The van der Waals surface area contributed by atoms with E-state index in [1.54, 1.807) is 14.2 Å². The van der Waals surface area contributed by atoms with Crippen LogP contribution in [-0.4, -0.2) is 53.1 Å². The van der Waals surface area contributed by atoms with Crippen LogP contribution in [0.4, 0.5) is 0 Å². The van der Waals surface area contributed by atoms with Gasteiger partial charge in [-0.05, 0) is 86.4 Å². The maximum atomic E-state index is 11.6. The van der Waals surface area contributed by atoms with Crippen LogP contribution >= 0.6 is 0 Å². The minimum atomic E-state index is -0.0798. The summed E-state index contributed by atoms with van der Waals surface area (Å²) >= 11 is 0. The second kappa shape index (κ2) is 11.8. The number of esters is 1. The zero-order chi connectivity index (χ0) is 25.9. The van der Waals surface area contributed by atoms with E-state index in [2.05, 4.69) is 26.8 Å². The van der Waals surface area contributed by atoms with Gasteiger partial charge in [-0.1, -0.05) is 32.4 Å². The first-order chi connectivity index (χ1) is 17.3. The van der Waals surface area contributed by atoms with Crippen LogP contribution in [0.3, 0.4) is 0 Å². The number of fused-ring (bicyclic) bond motifs is 5. The summed E-state index contributed by atoms with van der Waals surface area (Å²) in [5.74, 6) is 3.45. The zero-order valence-electron chi connectivity index (χ0n) is 23.6. The highest BCUT2D eigenvalue weighted by atomic mass is 16.7. The van der Waals surface area contributed by atoms with E-state index in [9.17, 15) is 4.79 Å². The van der Waals surface area contributed by atoms with Crippen molar-refractivity contribution in [3.8, 4) is 0 Å². The third-order valence-electron chi connectivity index (χ3n) is 11.0. The van der Waals surface area contributed by atoms with Crippen molar-refractivity contribution in [3.63, 3.8) is 0 Å². The first-order valence-corrected chi connectivity index (χ1v) is 14.3. The standard InChI is InChI=1S/C30H50O6/c1-20(8-7-9-28(31)34-6)24-12-13-25-23-11-10-21-16-22(35-18-32-4)17-27(36-19-33-5)30(21,3)26(23)14-15-29(24,25)2/h10,20,22-27H,7-9,11-19H2,1-6H3/t20-,22-,23+,24-,25+,26+,27+,29-,30+/m1/s1. The summed E-state index contributed by atoms with van der Waals surface area (Å²) < 4.78 is 27.9. The Morgan fingerprint density at radius 1 is 1.06 bits per heavy atom. The van der Waals surface area contributed by atoms with Crippen LogP contribution in [0.15, 0.2) is 11.6 Å². The fourth-order valence-electron chi connectivity index (χ4n) is 9.19. The van der Waals surface area contributed by atoms with E-state index in [-0.39, 0.29) is 23.6 Å². The van der Waals surface area contributed by atoms with E-state index in [0.29, 0.717) is 37.3 Å². The molecular formula is C30H50O6. The Labute approximate surface area is 218 Å². The molecule has 36 heavy (non-hydrogen) atoms. The molecule has 0 aromatic heterocycles. The summed E-state index contributed by atoms with van der Waals surface area (Å²) in [6, 6.07) is 0. The van der Waals surface area contributed by atoms with Crippen LogP contribution in [0.1, 0.15) is 85.0 Å². The smallest absolute Gasteiger partial charge is 0.305 e. The second-order valence-corrected chi connectivity index (χ2v) is 12.5. The molecule has 4 aliphatic carbocycles. The summed E-state index contributed by atoms with van der Waals surface area (Å²) in [5.41, 5.74) is 1.97. The summed E-state index contributed by atoms with van der Waals surface area (Å²) in [7, 11) is 4.88. The third kappa shape index (κ3) is 5.17. The van der Waals surface area contributed by atoms with Crippen molar-refractivity contribution in [1.82, 2.24) is 0 Å². The molecule has 0 N–H and O–H groups in total. The van der Waals surface area contributed by atoms with Gasteiger partial charge in [0, 0.05) is 32.5 Å². The number of methoxy groups -OCH3 is 3. The highest BCUT2D eigenvalue weighted by Crippen LogP contribution is 2.67. The molecule has 9 atom stereocenters. The van der Waals surface area contributed by atoms with Gasteiger partial charge >= 0.3 is 5.97 Å². The zero-order valence-corrected chi connectivity index (χ0v) is 23.6. The maximum absolute atomic E-state index is 11.6. The van der Waals surface area contributed by atoms with E-state index < -0.39 is 0 Å². The molecule has 3 saturated carbocycles. The van der Waals surface area contributed by atoms with Crippen molar-refractivity contribution in [2.45, 2.75) is 97.2 Å². The predicted molar refractivity (Wildman–Crippen MR) is 139 cm³/mol. The van der Waals surface area contributed by atoms with Crippen molar-refractivity contribution < 1.29 is 28.5 Å². The van der Waals surface area contributed by atoms with E-state index in [1.165, 1.54) is 44.8 Å². The Balaban J connectivity index is 1.51. The largest absolute Gasteiger partial charge is 0.469 e. The molecule has 4 aliphatic rings. The van der Waals surface area contributed by atoms with Crippen molar-refractivity contribution in [1.29, 1.82) is 0 Å². The second-order valence-electron chi connectivity index (χ2n) is 12.5. The quantitative estimate of drug-likeness (QED) is 0.191. The van der Waals surface area contributed by atoms with Gasteiger partial charge in [0.15, 0.2) is 0 Å². The summed E-state index contributed by atoms with van der Waals surface area (Å²) in [5, 5.41) is 0. The van der Waals surface area contributed by atoms with Crippen LogP contribution in [0, 0.1) is 40.4 Å². The van der Waals surface area contributed by atoms with Gasteiger partial charge in [0.05, 0.1) is 19.3 Å². The fourth-order valence-corrected chi connectivity index (χ4v) is 9.19. The fraction of sp³-hybridized carbons (Fsp3) is 0.900. The topological polar surface area (TPSA) is 63.2 Å². The molecule has 0 aromatic rings. The van der Waals surface area contributed by atoms with E-state index in [1.807, 2.05) is 0 Å². The molecule has 6 heteroatoms. The molecule has 0 bridgehead atoms. The molecule has 0 amide bonds. The van der Waals surface area contributed by atoms with Crippen molar-refractivity contribution in [3.05, 3.63) is 11.6 Å². The van der Waals surface area contributed by atoms with Crippen LogP contribution in [0.25, 0.3) is 0 Å². The lowest BCUT2D eigenvalue weighted by atomic mass is 9.46. The predicted octanol–water partition coefficient (Wildman–Crippen LogP) is 6.13. The van der Waals surface area contributed by atoms with Crippen molar-refractivity contribution in [2.24, 2.45) is 40.4 Å². The summed E-state index contributed by atoms with van der Waals surface area (Å²) in [6.45, 7) is 8.16. The van der Waals surface area contributed by atoms with Gasteiger partial charge in [-0.2, -0.15) is 0 Å². The molecule has 3 fully saturated rings. The SMILES string of the molecule is COCO[C@@H]1CC2=CC[C@H]3[C@@H]4CC[C@H]([C@H](C)CCCC(=O)OC)[C@@]4(C)CC[C@@H]3[C@@]2(C)[C@@H](OCOC)C1. The number of carbonyl (C=O) groups excluding carboxylic acids is 1. The van der Waals surface area contributed by atoms with Gasteiger partial charge in [0.1, 0.15) is 13.6 Å². The lowest BCUT2D eigenvalue weighted by Crippen LogP contribution is -2.56. The van der Waals surface area contributed by atoms with Crippen LogP contribution in [0.2, 0.25) is 0 Å². The Morgan fingerprint density at radius 3 is 2.53 bits per heavy atom. The molecule has 4 rings (SSSR count). The van der Waals surface area contributed by atoms with Crippen LogP contribution in [0.5, 0.6) is 0 Å². The molecule has 206 valence electrons. The van der Waals surface area contributed by atoms with E-state index >= 15 is 0 Å². The summed E-state index contributed by atoms with van der Waals surface area (Å²) in [4.78, 5) is 11.6. The van der Waals surface area contributed by atoms with E-state index in [4.69, 9.17) is 23.7 Å². The molecule has 0 aliphatic heterocycles. The third-order valence-corrected chi connectivity index (χ3v) is 11.0. The molecule has 0 saturated heterocycles. The first kappa shape index (κ1) is 28.1. The highest BCUT2D eigenvalue weighted by molar-refractivity contribution is 5.68. The Bertz CT molecular complexity index is 781. The molecule has 6 nitrogen and oxygen atoms in total. The minimum Gasteiger partial charge on any atom is -0.469 e. The van der Waals surface area contributed by atoms with Gasteiger partial charge in [-0.25, -0.2) is 0 Å². The molecule has 0 radical (unpaired) electrons. The molecule has 0 aromatic carbocycles. The average Bonchev–Trinajstić information content (AvgIpc) is 3.23. The lowest BCUT2D eigenvalue weighted by Gasteiger charge is -2.60. The van der Waals surface area contributed by atoms with E-state index in [0.717, 1.165) is 43.4 Å². The van der Waals surface area contributed by atoms with Crippen molar-refractivity contribution in [2.75, 3.05) is 34.9 Å². The lowest BCUT2D eigenvalue weighted by molar-refractivity contribution is -0.179. The van der Waals surface area contributed by atoms with Crippen LogP contribution in [-0.2, 0) is 28.5 Å². The molecule has 0 unspecified atom stereocenters. The van der Waals surface area contributed by atoms with Gasteiger partial charge in [-0.3, -0.25) is 4.79 Å². The normalized spacial score (nSPS) is 40.6. The van der Waals surface area contributed by atoms with Gasteiger partial charge in [0.2, 0.25) is 0 Å². The number of hydrogen-bond donors (Lipinski definition) is 0. The number of carbonyl (C=O) groups is 1. The maximum Gasteiger partial charge on any atom is 0.305 e. The van der Waals surface area contributed by atoms with Gasteiger partial charge < -0.3 is 23.7 Å². The van der Waals surface area contributed by atoms with Crippen LogP contribution < -0.4 is 0 Å². The number of hydrogen-bond acceptors (Lipinski definition) is 6. The first-order valence-electron chi connectivity index (χ1n) is 14.3. The van der Waals surface area contributed by atoms with Gasteiger partial charge in [0.25, 0.3) is 0 Å². The van der Waals surface area contributed by atoms with Gasteiger partial charge in [-0.15, -0.1) is 0 Å². The highest BCUT2D eigenvalue weighted by Gasteiger charge is 2.61. The molecular weight excluding hydrogens is 456 g/mol. The Morgan fingerprint density at radius 2 is 1.81 bits per heavy atom. The molecule has 0 spiro atoms. The number of rotatable bonds is 11. The Kier molecular flexibility index (Phi) is 9.23. The Hall–Kier alpha value is -0.950.